The van der Waals surface area contributed by atoms with E-state index in [0.29, 0.717) is 10.9 Å². The molecular formula is C22H28ClNO2S. The van der Waals surface area contributed by atoms with E-state index in [4.69, 9.17) is 16.3 Å². The molecule has 2 atom stereocenters. The fourth-order valence-electron chi connectivity index (χ4n) is 2.99. The number of methoxy groups -OCH3 is 1. The van der Waals surface area contributed by atoms with Gasteiger partial charge in [0, 0.05) is 9.92 Å². The average molecular weight is 406 g/mol. The fraction of sp³-hybridized carbons (Fsp3) is 0.409. The Morgan fingerprint density at radius 1 is 1.07 bits per heavy atom. The maximum absolute atomic E-state index is 12.7. The zero-order chi connectivity index (χ0) is 20.1. The number of carbonyl (C=O) groups excluding carboxylic acids is 1. The van der Waals surface area contributed by atoms with E-state index >= 15 is 0 Å². The van der Waals surface area contributed by atoms with E-state index < -0.39 is 0 Å². The molecule has 0 heterocycles. The molecular weight excluding hydrogens is 378 g/mol. The quantitative estimate of drug-likeness (QED) is 0.562. The Hall–Kier alpha value is -1.65. The molecule has 2 rings (SSSR count). The van der Waals surface area contributed by atoms with Gasteiger partial charge in [0.05, 0.1) is 18.4 Å². The van der Waals surface area contributed by atoms with Crippen molar-refractivity contribution in [3.8, 4) is 5.75 Å². The molecule has 27 heavy (non-hydrogen) atoms. The standard InChI is InChI=1S/C22H28ClNO2S/c1-13(2)19-12-20(14(3)11-21(19)26-6)15(4)24-22(25)16(5)27-18-9-7-17(23)8-10-18/h7-13,15-16H,1-6H3,(H,24,25)/t15-,16-/m1/s1. The maximum Gasteiger partial charge on any atom is 0.233 e. The lowest BCUT2D eigenvalue weighted by Gasteiger charge is -2.22. The molecule has 2 aromatic carbocycles. The van der Waals surface area contributed by atoms with Crippen LogP contribution in [0.15, 0.2) is 41.3 Å². The lowest BCUT2D eigenvalue weighted by Crippen LogP contribution is -2.33. The van der Waals surface area contributed by atoms with Gasteiger partial charge in [-0.05, 0) is 79.8 Å². The second-order valence-electron chi connectivity index (χ2n) is 7.05. The Morgan fingerprint density at radius 2 is 1.70 bits per heavy atom. The van der Waals surface area contributed by atoms with Gasteiger partial charge in [0.2, 0.25) is 5.91 Å². The number of rotatable bonds is 7. The number of nitrogens with one attached hydrogen (secondary N) is 1. The summed E-state index contributed by atoms with van der Waals surface area (Å²) in [6.07, 6.45) is 0. The Bertz CT molecular complexity index is 790. The van der Waals surface area contributed by atoms with Gasteiger partial charge < -0.3 is 10.1 Å². The van der Waals surface area contributed by atoms with Crippen molar-refractivity contribution in [1.82, 2.24) is 5.32 Å². The van der Waals surface area contributed by atoms with Crippen LogP contribution < -0.4 is 10.1 Å². The predicted octanol–water partition coefficient (Wildman–Crippen LogP) is 6.14. The van der Waals surface area contributed by atoms with Crippen LogP contribution in [0.2, 0.25) is 5.02 Å². The van der Waals surface area contributed by atoms with Crippen LogP contribution in [0.25, 0.3) is 0 Å². The maximum atomic E-state index is 12.7. The molecule has 0 radical (unpaired) electrons. The van der Waals surface area contributed by atoms with Gasteiger partial charge in [-0.1, -0.05) is 25.4 Å². The molecule has 0 fully saturated rings. The smallest absolute Gasteiger partial charge is 0.233 e. The summed E-state index contributed by atoms with van der Waals surface area (Å²) in [6.45, 7) is 10.3. The highest BCUT2D eigenvalue weighted by Gasteiger charge is 2.20. The van der Waals surface area contributed by atoms with Crippen molar-refractivity contribution in [2.75, 3.05) is 7.11 Å². The van der Waals surface area contributed by atoms with Crippen LogP contribution in [0, 0.1) is 6.92 Å². The molecule has 0 aliphatic carbocycles. The number of hydrogen-bond acceptors (Lipinski definition) is 3. The SMILES string of the molecule is COc1cc(C)c([C@@H](C)NC(=O)[C@@H](C)Sc2ccc(Cl)cc2)cc1C(C)C. The monoisotopic (exact) mass is 405 g/mol. The molecule has 0 saturated carbocycles. The summed E-state index contributed by atoms with van der Waals surface area (Å²) < 4.78 is 5.52. The summed E-state index contributed by atoms with van der Waals surface area (Å²) in [6, 6.07) is 11.7. The fourth-order valence-corrected chi connectivity index (χ4v) is 3.99. The lowest BCUT2D eigenvalue weighted by atomic mass is 9.93. The van der Waals surface area contributed by atoms with E-state index in [-0.39, 0.29) is 17.2 Å². The molecule has 2 aromatic rings. The van der Waals surface area contributed by atoms with Crippen LogP contribution in [0.5, 0.6) is 5.75 Å². The normalized spacial score (nSPS) is 13.3. The summed E-state index contributed by atoms with van der Waals surface area (Å²) >= 11 is 7.45. The highest BCUT2D eigenvalue weighted by Crippen LogP contribution is 2.32. The van der Waals surface area contributed by atoms with E-state index in [1.807, 2.05) is 38.1 Å². The Balaban J connectivity index is 2.11. The number of thioether (sulfide) groups is 1. The molecule has 0 saturated heterocycles. The first kappa shape index (κ1) is 21.6. The molecule has 0 aliphatic rings. The molecule has 1 amide bonds. The Labute approximate surface area is 171 Å². The summed E-state index contributed by atoms with van der Waals surface area (Å²) in [5, 5.41) is 3.64. The van der Waals surface area contributed by atoms with Crippen LogP contribution in [0.3, 0.4) is 0 Å². The first-order valence-electron chi connectivity index (χ1n) is 9.14. The van der Waals surface area contributed by atoms with Gasteiger partial charge in [-0.15, -0.1) is 11.8 Å². The first-order valence-corrected chi connectivity index (χ1v) is 10.4. The predicted molar refractivity (Wildman–Crippen MR) is 115 cm³/mol. The van der Waals surface area contributed by atoms with Crippen LogP contribution in [0.4, 0.5) is 0 Å². The van der Waals surface area contributed by atoms with Gasteiger partial charge in [-0.2, -0.15) is 0 Å². The minimum absolute atomic E-state index is 0.0174. The molecule has 0 spiro atoms. The van der Waals surface area contributed by atoms with Gasteiger partial charge in [-0.3, -0.25) is 4.79 Å². The van der Waals surface area contributed by atoms with Crippen molar-refractivity contribution in [2.24, 2.45) is 0 Å². The Kier molecular flexibility index (Phi) is 7.63. The van der Waals surface area contributed by atoms with E-state index in [9.17, 15) is 4.79 Å². The summed E-state index contributed by atoms with van der Waals surface area (Å²) in [7, 11) is 1.70. The number of halogens is 1. The molecule has 3 nitrogen and oxygen atoms in total. The van der Waals surface area contributed by atoms with Crippen molar-refractivity contribution < 1.29 is 9.53 Å². The summed E-state index contributed by atoms with van der Waals surface area (Å²) in [5.41, 5.74) is 3.39. The summed E-state index contributed by atoms with van der Waals surface area (Å²) in [5.74, 6) is 1.27. The van der Waals surface area contributed by atoms with Crippen molar-refractivity contribution in [1.29, 1.82) is 0 Å². The van der Waals surface area contributed by atoms with Crippen LogP contribution in [-0.4, -0.2) is 18.3 Å². The minimum atomic E-state index is -0.197. The topological polar surface area (TPSA) is 38.3 Å². The number of aryl methyl sites for hydroxylation is 1. The van der Waals surface area contributed by atoms with E-state index in [1.165, 1.54) is 11.8 Å². The van der Waals surface area contributed by atoms with Gasteiger partial charge in [-0.25, -0.2) is 0 Å². The lowest BCUT2D eigenvalue weighted by molar-refractivity contribution is -0.120. The zero-order valence-electron chi connectivity index (χ0n) is 16.8. The largest absolute Gasteiger partial charge is 0.496 e. The van der Waals surface area contributed by atoms with E-state index in [1.54, 1.807) is 7.11 Å². The van der Waals surface area contributed by atoms with E-state index in [0.717, 1.165) is 27.3 Å². The molecule has 0 bridgehead atoms. The number of ether oxygens (including phenoxy) is 1. The van der Waals surface area contributed by atoms with Gasteiger partial charge in [0.25, 0.3) is 0 Å². The van der Waals surface area contributed by atoms with Crippen LogP contribution in [-0.2, 0) is 4.79 Å². The third-order valence-electron chi connectivity index (χ3n) is 4.56. The van der Waals surface area contributed by atoms with E-state index in [2.05, 4.69) is 38.2 Å². The molecule has 0 unspecified atom stereocenters. The Morgan fingerprint density at radius 3 is 2.26 bits per heavy atom. The molecule has 0 aliphatic heterocycles. The van der Waals surface area contributed by atoms with Crippen LogP contribution in [0.1, 0.15) is 56.3 Å². The molecule has 1 N–H and O–H groups in total. The van der Waals surface area contributed by atoms with Gasteiger partial charge in [0.15, 0.2) is 0 Å². The minimum Gasteiger partial charge on any atom is -0.496 e. The van der Waals surface area contributed by atoms with Crippen LogP contribution >= 0.6 is 23.4 Å². The number of carbonyl (C=O) groups is 1. The third-order valence-corrected chi connectivity index (χ3v) is 5.93. The first-order chi connectivity index (χ1) is 12.7. The van der Waals surface area contributed by atoms with Gasteiger partial charge in [0.1, 0.15) is 5.75 Å². The molecule has 0 aromatic heterocycles. The number of benzene rings is 2. The molecule has 146 valence electrons. The van der Waals surface area contributed by atoms with Crippen molar-refractivity contribution in [2.45, 2.75) is 56.7 Å². The van der Waals surface area contributed by atoms with Crippen molar-refractivity contribution in [3.05, 3.63) is 58.1 Å². The number of hydrogen-bond donors (Lipinski definition) is 1. The third kappa shape index (κ3) is 5.66. The van der Waals surface area contributed by atoms with Gasteiger partial charge >= 0.3 is 0 Å². The second kappa shape index (κ2) is 9.52. The van der Waals surface area contributed by atoms with Crippen molar-refractivity contribution >= 4 is 29.3 Å². The number of amides is 1. The summed E-state index contributed by atoms with van der Waals surface area (Å²) in [4.78, 5) is 13.7. The second-order valence-corrected chi connectivity index (χ2v) is 8.90. The molecule has 5 heteroatoms. The average Bonchev–Trinajstić information content (AvgIpc) is 2.62. The highest BCUT2D eigenvalue weighted by molar-refractivity contribution is 8.00. The highest BCUT2D eigenvalue weighted by atomic mass is 35.5. The zero-order valence-corrected chi connectivity index (χ0v) is 18.4. The van der Waals surface area contributed by atoms with Crippen molar-refractivity contribution in [3.63, 3.8) is 0 Å².